The monoisotopic (exact) mass is 326 g/mol. The summed E-state index contributed by atoms with van der Waals surface area (Å²) in [5.74, 6) is 0.0776. The number of anilines is 1. The number of aromatic hydroxyl groups is 1. The van der Waals surface area contributed by atoms with Gasteiger partial charge in [-0.05, 0) is 36.8 Å². The van der Waals surface area contributed by atoms with Gasteiger partial charge in [0.15, 0.2) is 0 Å². The van der Waals surface area contributed by atoms with E-state index in [4.69, 9.17) is 16.7 Å². The van der Waals surface area contributed by atoms with Crippen LogP contribution in [0.25, 0.3) is 0 Å². The number of nitrogens with one attached hydrogen (secondary N) is 1. The van der Waals surface area contributed by atoms with Crippen LogP contribution < -0.4 is 10.5 Å². The molecule has 0 atom stereocenters. The minimum atomic E-state index is -3.77. The average Bonchev–Trinajstić information content (AvgIpc) is 2.38. The maximum absolute atomic E-state index is 11.5. The highest BCUT2D eigenvalue weighted by Gasteiger charge is 2.12. The molecule has 0 amide bonds. The number of halogens is 1. The van der Waals surface area contributed by atoms with Crippen molar-refractivity contribution in [3.63, 3.8) is 0 Å². The third-order valence-electron chi connectivity index (χ3n) is 3.06. The molecule has 112 valence electrons. The fourth-order valence-corrected chi connectivity index (χ4v) is 2.97. The first kappa shape index (κ1) is 15.6. The number of hydrogen-bond donors (Lipinski definition) is 3. The van der Waals surface area contributed by atoms with Crippen molar-refractivity contribution in [2.75, 3.05) is 5.32 Å². The van der Waals surface area contributed by atoms with Gasteiger partial charge >= 0.3 is 0 Å². The molecule has 2 aromatic rings. The molecular formula is C14H15ClN2O3S. The van der Waals surface area contributed by atoms with Gasteiger partial charge in [-0.1, -0.05) is 23.7 Å². The maximum atomic E-state index is 11.5. The molecule has 0 fully saturated rings. The van der Waals surface area contributed by atoms with Crippen LogP contribution in [-0.2, 0) is 16.6 Å². The van der Waals surface area contributed by atoms with E-state index in [9.17, 15) is 13.5 Å². The first-order valence-corrected chi connectivity index (χ1v) is 8.05. The Labute approximate surface area is 128 Å². The van der Waals surface area contributed by atoms with Crippen LogP contribution in [0.2, 0.25) is 5.02 Å². The molecule has 0 radical (unpaired) electrons. The van der Waals surface area contributed by atoms with Gasteiger partial charge in [-0.2, -0.15) is 0 Å². The number of phenolic OH excluding ortho intramolecular Hbond substituents is 1. The van der Waals surface area contributed by atoms with Gasteiger partial charge < -0.3 is 10.4 Å². The van der Waals surface area contributed by atoms with Gasteiger partial charge in [0.25, 0.3) is 0 Å². The van der Waals surface area contributed by atoms with Crippen molar-refractivity contribution >= 4 is 27.3 Å². The van der Waals surface area contributed by atoms with Crippen molar-refractivity contribution in [3.8, 4) is 5.75 Å². The largest absolute Gasteiger partial charge is 0.508 e. The van der Waals surface area contributed by atoms with Gasteiger partial charge in [0.05, 0.1) is 4.90 Å². The third-order valence-corrected chi connectivity index (χ3v) is 4.47. The number of rotatable bonds is 4. The standard InChI is InChI=1S/C14H15ClN2O3S/c1-9-5-6-10(7-14(9)21(16,19)20)17-8-11-12(15)3-2-4-13(11)18/h2-7,17-18H,8H2,1H3,(H2,16,19,20). The second-order valence-corrected chi connectivity index (χ2v) is 6.55. The fraction of sp³-hybridized carbons (Fsp3) is 0.143. The number of primary sulfonamides is 1. The van der Waals surface area contributed by atoms with E-state index in [0.29, 0.717) is 21.8 Å². The highest BCUT2D eigenvalue weighted by Crippen LogP contribution is 2.26. The van der Waals surface area contributed by atoms with Crippen molar-refractivity contribution < 1.29 is 13.5 Å². The normalized spacial score (nSPS) is 11.4. The lowest BCUT2D eigenvalue weighted by Gasteiger charge is -2.11. The molecule has 0 saturated carbocycles. The van der Waals surface area contributed by atoms with Gasteiger partial charge in [-0.25, -0.2) is 13.6 Å². The predicted octanol–water partition coefficient (Wildman–Crippen LogP) is 2.61. The topological polar surface area (TPSA) is 92.4 Å². The summed E-state index contributed by atoms with van der Waals surface area (Å²) in [6.07, 6.45) is 0. The molecule has 0 aliphatic heterocycles. The summed E-state index contributed by atoms with van der Waals surface area (Å²) in [7, 11) is -3.77. The number of hydrogen-bond acceptors (Lipinski definition) is 4. The molecule has 2 aromatic carbocycles. The molecule has 0 unspecified atom stereocenters. The number of phenols is 1. The molecular weight excluding hydrogens is 312 g/mol. The smallest absolute Gasteiger partial charge is 0.238 e. The van der Waals surface area contributed by atoms with Gasteiger partial charge in [-0.3, -0.25) is 0 Å². The Kier molecular flexibility index (Phi) is 4.41. The van der Waals surface area contributed by atoms with Crippen LogP contribution >= 0.6 is 11.6 Å². The lowest BCUT2D eigenvalue weighted by atomic mass is 10.2. The van der Waals surface area contributed by atoms with Crippen molar-refractivity contribution in [1.29, 1.82) is 0 Å². The Morgan fingerprint density at radius 3 is 2.62 bits per heavy atom. The zero-order valence-electron chi connectivity index (χ0n) is 11.3. The SMILES string of the molecule is Cc1ccc(NCc2c(O)cccc2Cl)cc1S(N)(=O)=O. The molecule has 2 rings (SSSR count). The van der Waals surface area contributed by atoms with Crippen LogP contribution in [0.5, 0.6) is 5.75 Å². The van der Waals surface area contributed by atoms with E-state index in [-0.39, 0.29) is 17.2 Å². The van der Waals surface area contributed by atoms with E-state index in [1.807, 2.05) is 0 Å². The maximum Gasteiger partial charge on any atom is 0.238 e. The Bertz CT molecular complexity index is 756. The van der Waals surface area contributed by atoms with Gasteiger partial charge in [0.2, 0.25) is 10.0 Å². The van der Waals surface area contributed by atoms with E-state index >= 15 is 0 Å². The van der Waals surface area contributed by atoms with E-state index in [0.717, 1.165) is 0 Å². The predicted molar refractivity (Wildman–Crippen MR) is 83.0 cm³/mol. The number of aryl methyl sites for hydroxylation is 1. The van der Waals surface area contributed by atoms with Gasteiger partial charge in [-0.15, -0.1) is 0 Å². The highest BCUT2D eigenvalue weighted by atomic mass is 35.5. The Morgan fingerprint density at radius 2 is 2.00 bits per heavy atom. The van der Waals surface area contributed by atoms with E-state index in [1.54, 1.807) is 31.2 Å². The molecule has 0 aliphatic carbocycles. The van der Waals surface area contributed by atoms with Gasteiger partial charge in [0.1, 0.15) is 5.75 Å². The summed E-state index contributed by atoms with van der Waals surface area (Å²) in [5, 5.41) is 18.4. The quantitative estimate of drug-likeness (QED) is 0.805. The second-order valence-electron chi connectivity index (χ2n) is 4.62. The number of benzene rings is 2. The lowest BCUT2D eigenvalue weighted by Crippen LogP contribution is -2.14. The minimum Gasteiger partial charge on any atom is -0.508 e. The van der Waals surface area contributed by atoms with Crippen molar-refractivity contribution in [2.24, 2.45) is 5.14 Å². The van der Waals surface area contributed by atoms with Crippen molar-refractivity contribution in [1.82, 2.24) is 0 Å². The van der Waals surface area contributed by atoms with Crippen LogP contribution in [0.15, 0.2) is 41.3 Å². The zero-order chi connectivity index (χ0) is 15.6. The molecule has 4 N–H and O–H groups in total. The molecule has 0 bridgehead atoms. The van der Waals surface area contributed by atoms with Crippen molar-refractivity contribution in [3.05, 3.63) is 52.5 Å². The number of sulfonamides is 1. The molecule has 0 aromatic heterocycles. The molecule has 0 heterocycles. The van der Waals surface area contributed by atoms with Crippen LogP contribution in [0.3, 0.4) is 0 Å². The van der Waals surface area contributed by atoms with E-state index in [2.05, 4.69) is 5.32 Å². The van der Waals surface area contributed by atoms with E-state index in [1.165, 1.54) is 12.1 Å². The zero-order valence-corrected chi connectivity index (χ0v) is 12.9. The van der Waals surface area contributed by atoms with Crippen LogP contribution in [0.4, 0.5) is 5.69 Å². The molecule has 21 heavy (non-hydrogen) atoms. The first-order valence-electron chi connectivity index (χ1n) is 6.12. The third kappa shape index (κ3) is 3.66. The molecule has 7 heteroatoms. The summed E-state index contributed by atoms with van der Waals surface area (Å²) < 4.78 is 23.0. The molecule has 0 spiro atoms. The Morgan fingerprint density at radius 1 is 1.29 bits per heavy atom. The summed E-state index contributed by atoms with van der Waals surface area (Å²) in [6, 6.07) is 9.70. The summed E-state index contributed by atoms with van der Waals surface area (Å²) >= 11 is 6.01. The second kappa shape index (κ2) is 5.93. The molecule has 0 aliphatic rings. The summed E-state index contributed by atoms with van der Waals surface area (Å²) in [4.78, 5) is 0.0656. The minimum absolute atomic E-state index is 0.0656. The first-order chi connectivity index (χ1) is 9.79. The van der Waals surface area contributed by atoms with Crippen molar-refractivity contribution in [2.45, 2.75) is 18.4 Å². The summed E-state index contributed by atoms with van der Waals surface area (Å²) in [6.45, 7) is 1.93. The number of nitrogens with two attached hydrogens (primary N) is 1. The Hall–Kier alpha value is -1.76. The molecule has 0 saturated heterocycles. The average molecular weight is 327 g/mol. The van der Waals surface area contributed by atoms with E-state index < -0.39 is 10.0 Å². The fourth-order valence-electron chi connectivity index (χ4n) is 1.93. The summed E-state index contributed by atoms with van der Waals surface area (Å²) in [5.41, 5.74) is 1.68. The van der Waals surface area contributed by atoms with Crippen LogP contribution in [0, 0.1) is 6.92 Å². The molecule has 5 nitrogen and oxygen atoms in total. The highest BCUT2D eigenvalue weighted by molar-refractivity contribution is 7.89. The van der Waals surface area contributed by atoms with Gasteiger partial charge in [0, 0.05) is 22.8 Å². The van der Waals surface area contributed by atoms with Crippen LogP contribution in [0.1, 0.15) is 11.1 Å². The van der Waals surface area contributed by atoms with Crippen LogP contribution in [-0.4, -0.2) is 13.5 Å². The lowest BCUT2D eigenvalue weighted by molar-refractivity contribution is 0.469. The Balaban J connectivity index is 2.26.